The first-order chi connectivity index (χ1) is 10.9. The molecule has 0 bridgehead atoms. The summed E-state index contributed by atoms with van der Waals surface area (Å²) >= 11 is 0. The maximum atomic E-state index is 12.7. The second-order valence-electron chi connectivity index (χ2n) is 6.08. The molecule has 0 saturated carbocycles. The lowest BCUT2D eigenvalue weighted by Crippen LogP contribution is -2.46. The second-order valence-corrected chi connectivity index (χ2v) is 6.08. The zero-order valence-corrected chi connectivity index (χ0v) is 14.9. The molecule has 0 aromatic heterocycles. The van der Waals surface area contributed by atoms with E-state index >= 15 is 0 Å². The van der Waals surface area contributed by atoms with Crippen molar-refractivity contribution in [3.63, 3.8) is 0 Å². The Hall–Kier alpha value is -0.980. The molecule has 1 N–H and O–H groups in total. The SMILES string of the molecule is CCCC(C)[C@@H](c1ccccc1OC(F)(F)F)N1CCNCC1.Cl. The van der Waals surface area contributed by atoms with Gasteiger partial charge in [-0.05, 0) is 18.4 Å². The predicted octanol–water partition coefficient (Wildman–Crippen LogP) is 4.39. The number of piperazine rings is 1. The Morgan fingerprint density at radius 2 is 1.83 bits per heavy atom. The van der Waals surface area contributed by atoms with Crippen LogP contribution in [-0.4, -0.2) is 37.4 Å². The van der Waals surface area contributed by atoms with Crippen LogP contribution in [0, 0.1) is 5.92 Å². The lowest BCUT2D eigenvalue weighted by atomic mass is 9.88. The average Bonchev–Trinajstić information content (AvgIpc) is 2.49. The monoisotopic (exact) mass is 366 g/mol. The van der Waals surface area contributed by atoms with Crippen molar-refractivity contribution in [1.29, 1.82) is 0 Å². The van der Waals surface area contributed by atoms with E-state index in [4.69, 9.17) is 0 Å². The number of nitrogens with zero attached hydrogens (tertiary/aromatic N) is 1. The molecule has 1 aromatic carbocycles. The van der Waals surface area contributed by atoms with Crippen LogP contribution in [0.5, 0.6) is 5.75 Å². The Morgan fingerprint density at radius 3 is 2.42 bits per heavy atom. The average molecular weight is 367 g/mol. The summed E-state index contributed by atoms with van der Waals surface area (Å²) < 4.78 is 42.5. The van der Waals surface area contributed by atoms with Gasteiger partial charge in [0, 0.05) is 37.8 Å². The van der Waals surface area contributed by atoms with Crippen LogP contribution in [-0.2, 0) is 0 Å². The van der Waals surface area contributed by atoms with Crippen molar-refractivity contribution in [2.75, 3.05) is 26.2 Å². The Kier molecular flexibility index (Phi) is 8.33. The third kappa shape index (κ3) is 5.83. The summed E-state index contributed by atoms with van der Waals surface area (Å²) in [4.78, 5) is 2.27. The molecule has 24 heavy (non-hydrogen) atoms. The van der Waals surface area contributed by atoms with E-state index in [0.717, 1.165) is 39.0 Å². The number of rotatable bonds is 6. The zero-order chi connectivity index (χ0) is 16.9. The van der Waals surface area contributed by atoms with Crippen LogP contribution in [0.1, 0.15) is 38.3 Å². The van der Waals surface area contributed by atoms with Crippen LogP contribution >= 0.6 is 12.4 Å². The molecule has 2 atom stereocenters. The maximum absolute atomic E-state index is 12.7. The molecule has 1 aliphatic heterocycles. The number of nitrogens with one attached hydrogen (secondary N) is 1. The molecule has 0 aliphatic carbocycles. The number of hydrogen-bond acceptors (Lipinski definition) is 3. The summed E-state index contributed by atoms with van der Waals surface area (Å²) in [5.41, 5.74) is 0.632. The molecule has 1 saturated heterocycles. The van der Waals surface area contributed by atoms with Gasteiger partial charge in [-0.2, -0.15) is 0 Å². The fourth-order valence-corrected chi connectivity index (χ4v) is 3.38. The molecule has 1 unspecified atom stereocenters. The number of para-hydroxylation sites is 1. The lowest BCUT2D eigenvalue weighted by Gasteiger charge is -2.39. The van der Waals surface area contributed by atoms with Gasteiger partial charge in [0.15, 0.2) is 0 Å². The molecule has 138 valence electrons. The Labute approximate surface area is 148 Å². The Bertz CT molecular complexity index is 493. The number of hydrogen-bond donors (Lipinski definition) is 1. The van der Waals surface area contributed by atoms with E-state index in [-0.39, 0.29) is 30.1 Å². The number of ether oxygens (including phenoxy) is 1. The Balaban J connectivity index is 0.00000288. The molecule has 1 fully saturated rings. The van der Waals surface area contributed by atoms with E-state index in [1.165, 1.54) is 6.07 Å². The minimum Gasteiger partial charge on any atom is -0.405 e. The van der Waals surface area contributed by atoms with E-state index in [2.05, 4.69) is 28.8 Å². The van der Waals surface area contributed by atoms with Gasteiger partial charge in [0.25, 0.3) is 0 Å². The minimum absolute atomic E-state index is 0. The maximum Gasteiger partial charge on any atom is 0.573 e. The van der Waals surface area contributed by atoms with Gasteiger partial charge in [0.1, 0.15) is 5.75 Å². The van der Waals surface area contributed by atoms with Gasteiger partial charge in [-0.25, -0.2) is 0 Å². The third-order valence-electron chi connectivity index (χ3n) is 4.29. The van der Waals surface area contributed by atoms with Crippen LogP contribution in [0.3, 0.4) is 0 Å². The smallest absolute Gasteiger partial charge is 0.405 e. The predicted molar refractivity (Wildman–Crippen MR) is 91.6 cm³/mol. The van der Waals surface area contributed by atoms with E-state index in [1.807, 2.05) is 0 Å². The van der Waals surface area contributed by atoms with Crippen molar-refractivity contribution in [2.45, 2.75) is 39.1 Å². The lowest BCUT2D eigenvalue weighted by molar-refractivity contribution is -0.275. The highest BCUT2D eigenvalue weighted by Crippen LogP contribution is 2.38. The van der Waals surface area contributed by atoms with Crippen molar-refractivity contribution in [3.05, 3.63) is 29.8 Å². The molecule has 1 aromatic rings. The minimum atomic E-state index is -4.67. The second kappa shape index (κ2) is 9.49. The Morgan fingerprint density at radius 1 is 1.21 bits per heavy atom. The van der Waals surface area contributed by atoms with Gasteiger partial charge in [0.05, 0.1) is 0 Å². The fraction of sp³-hybridized carbons (Fsp3) is 0.647. The first-order valence-electron chi connectivity index (χ1n) is 8.22. The first kappa shape index (κ1) is 21.1. The quantitative estimate of drug-likeness (QED) is 0.808. The highest BCUT2D eigenvalue weighted by Gasteiger charge is 2.35. The molecule has 0 amide bonds. The molecule has 1 aliphatic rings. The van der Waals surface area contributed by atoms with Crippen molar-refractivity contribution >= 4 is 12.4 Å². The van der Waals surface area contributed by atoms with E-state index < -0.39 is 6.36 Å². The van der Waals surface area contributed by atoms with Crippen molar-refractivity contribution in [1.82, 2.24) is 10.2 Å². The highest BCUT2D eigenvalue weighted by atomic mass is 35.5. The first-order valence-corrected chi connectivity index (χ1v) is 8.22. The summed E-state index contributed by atoms with van der Waals surface area (Å²) in [5, 5.41) is 3.29. The van der Waals surface area contributed by atoms with Gasteiger partial charge >= 0.3 is 6.36 Å². The van der Waals surface area contributed by atoms with E-state index in [0.29, 0.717) is 5.56 Å². The number of halogens is 4. The normalized spacial score (nSPS) is 18.5. The van der Waals surface area contributed by atoms with Crippen LogP contribution in [0.15, 0.2) is 24.3 Å². The number of alkyl halides is 3. The molecule has 0 radical (unpaired) electrons. The van der Waals surface area contributed by atoms with Gasteiger partial charge in [-0.1, -0.05) is 38.5 Å². The molecule has 1 heterocycles. The van der Waals surface area contributed by atoms with Gasteiger partial charge < -0.3 is 10.1 Å². The van der Waals surface area contributed by atoms with Crippen LogP contribution in [0.4, 0.5) is 13.2 Å². The summed E-state index contributed by atoms with van der Waals surface area (Å²) in [5.74, 6) is 0.183. The summed E-state index contributed by atoms with van der Waals surface area (Å²) in [6.45, 7) is 7.59. The van der Waals surface area contributed by atoms with E-state index in [9.17, 15) is 13.2 Å². The van der Waals surface area contributed by atoms with Crippen LogP contribution < -0.4 is 10.1 Å². The topological polar surface area (TPSA) is 24.5 Å². The molecular weight excluding hydrogens is 341 g/mol. The van der Waals surface area contributed by atoms with Gasteiger partial charge in [0.2, 0.25) is 0 Å². The van der Waals surface area contributed by atoms with Gasteiger partial charge in [-0.3, -0.25) is 4.90 Å². The number of benzene rings is 1. The molecule has 3 nitrogen and oxygen atoms in total. The van der Waals surface area contributed by atoms with Crippen molar-refractivity contribution < 1.29 is 17.9 Å². The van der Waals surface area contributed by atoms with Gasteiger partial charge in [-0.15, -0.1) is 25.6 Å². The largest absolute Gasteiger partial charge is 0.573 e. The zero-order valence-electron chi connectivity index (χ0n) is 14.1. The molecular formula is C17H26ClF3N2O. The van der Waals surface area contributed by atoms with E-state index in [1.54, 1.807) is 18.2 Å². The molecule has 2 rings (SSSR count). The van der Waals surface area contributed by atoms with Crippen molar-refractivity contribution in [3.8, 4) is 5.75 Å². The summed E-state index contributed by atoms with van der Waals surface area (Å²) in [6, 6.07) is 6.49. The molecule has 0 spiro atoms. The summed E-state index contributed by atoms with van der Waals surface area (Å²) in [7, 11) is 0. The third-order valence-corrected chi connectivity index (χ3v) is 4.29. The molecule has 7 heteroatoms. The summed E-state index contributed by atoms with van der Waals surface area (Å²) in [6.07, 6.45) is -2.70. The van der Waals surface area contributed by atoms with Crippen molar-refractivity contribution in [2.24, 2.45) is 5.92 Å². The highest BCUT2D eigenvalue weighted by molar-refractivity contribution is 5.85. The fourth-order valence-electron chi connectivity index (χ4n) is 3.38. The standard InChI is InChI=1S/C17H25F3N2O.ClH/c1-3-6-13(2)16(22-11-9-21-10-12-22)14-7-4-5-8-15(14)23-17(18,19)20;/h4-5,7-8,13,16,21H,3,6,9-12H2,1-2H3;1H/t13?,16-;/m0./s1. The van der Waals surface area contributed by atoms with Crippen LogP contribution in [0.2, 0.25) is 0 Å². The van der Waals surface area contributed by atoms with Crippen LogP contribution in [0.25, 0.3) is 0 Å².